The summed E-state index contributed by atoms with van der Waals surface area (Å²) in [7, 11) is 2.33. The average Bonchev–Trinajstić information content (AvgIpc) is 2.91. The van der Waals surface area contributed by atoms with Gasteiger partial charge in [-0.1, -0.05) is 19.8 Å². The summed E-state index contributed by atoms with van der Waals surface area (Å²) in [6.45, 7) is 7.58. The molecule has 2 aliphatic rings. The Bertz CT molecular complexity index is 233. The van der Waals surface area contributed by atoms with Gasteiger partial charge in [-0.3, -0.25) is 0 Å². The molecule has 0 bridgehead atoms. The molecule has 0 radical (unpaired) electrons. The molecule has 1 N–H and O–H groups in total. The predicted molar refractivity (Wildman–Crippen MR) is 75.9 cm³/mol. The van der Waals surface area contributed by atoms with Gasteiger partial charge in [0.2, 0.25) is 0 Å². The summed E-state index contributed by atoms with van der Waals surface area (Å²) in [6.07, 6.45) is 8.11. The van der Waals surface area contributed by atoms with Crippen molar-refractivity contribution < 1.29 is 4.74 Å². The highest BCUT2D eigenvalue weighted by atomic mass is 16.5. The maximum Gasteiger partial charge on any atom is 0.0472 e. The molecule has 1 aliphatic carbocycles. The first-order chi connectivity index (χ1) is 8.76. The van der Waals surface area contributed by atoms with Crippen LogP contribution in [0.5, 0.6) is 0 Å². The lowest BCUT2D eigenvalue weighted by Gasteiger charge is -2.42. The molecule has 0 spiro atoms. The summed E-state index contributed by atoms with van der Waals surface area (Å²) in [4.78, 5) is 2.63. The molecule has 2 rings (SSSR count). The Hall–Kier alpha value is -0.120. The van der Waals surface area contributed by atoms with E-state index >= 15 is 0 Å². The second-order valence-corrected chi connectivity index (χ2v) is 6.25. The van der Waals surface area contributed by atoms with E-state index in [2.05, 4.69) is 24.2 Å². The van der Waals surface area contributed by atoms with Crippen LogP contribution in [0, 0.1) is 5.41 Å². The van der Waals surface area contributed by atoms with Gasteiger partial charge < -0.3 is 15.0 Å². The molecule has 106 valence electrons. The van der Waals surface area contributed by atoms with Crippen LogP contribution in [0.4, 0.5) is 0 Å². The summed E-state index contributed by atoms with van der Waals surface area (Å²) >= 11 is 0. The summed E-state index contributed by atoms with van der Waals surface area (Å²) < 4.78 is 5.57. The van der Waals surface area contributed by atoms with Gasteiger partial charge in [0, 0.05) is 32.3 Å². The third-order valence-corrected chi connectivity index (χ3v) is 4.84. The SMILES string of the molecule is CCNCC1(CN(C)C2CCCC2)CCOCC1. The third kappa shape index (κ3) is 3.69. The van der Waals surface area contributed by atoms with E-state index in [-0.39, 0.29) is 0 Å². The van der Waals surface area contributed by atoms with Crippen LogP contribution >= 0.6 is 0 Å². The van der Waals surface area contributed by atoms with Crippen LogP contribution in [0.2, 0.25) is 0 Å². The van der Waals surface area contributed by atoms with Crippen molar-refractivity contribution in [3.05, 3.63) is 0 Å². The minimum atomic E-state index is 0.450. The number of ether oxygens (including phenoxy) is 1. The normalized spacial score (nSPS) is 24.8. The summed E-state index contributed by atoms with van der Waals surface area (Å²) in [5.74, 6) is 0. The smallest absolute Gasteiger partial charge is 0.0472 e. The van der Waals surface area contributed by atoms with Crippen LogP contribution in [0.3, 0.4) is 0 Å². The van der Waals surface area contributed by atoms with Crippen molar-refractivity contribution in [3.8, 4) is 0 Å². The van der Waals surface area contributed by atoms with Gasteiger partial charge in [0.15, 0.2) is 0 Å². The average molecular weight is 254 g/mol. The number of hydrogen-bond acceptors (Lipinski definition) is 3. The van der Waals surface area contributed by atoms with Crippen molar-refractivity contribution in [3.63, 3.8) is 0 Å². The highest BCUT2D eigenvalue weighted by Gasteiger charge is 2.35. The molecule has 0 atom stereocenters. The molecule has 0 aromatic rings. The quantitative estimate of drug-likeness (QED) is 0.787. The predicted octanol–water partition coefficient (Wildman–Crippen LogP) is 2.27. The second-order valence-electron chi connectivity index (χ2n) is 6.25. The molecule has 0 amide bonds. The van der Waals surface area contributed by atoms with Crippen molar-refractivity contribution in [1.82, 2.24) is 10.2 Å². The Kier molecular flexibility index (Phi) is 5.46. The minimum Gasteiger partial charge on any atom is -0.381 e. The van der Waals surface area contributed by atoms with E-state index in [1.165, 1.54) is 45.1 Å². The molecule has 0 aromatic carbocycles. The lowest BCUT2D eigenvalue weighted by atomic mass is 9.79. The molecule has 1 heterocycles. The molecule has 1 saturated heterocycles. The van der Waals surface area contributed by atoms with Crippen molar-refractivity contribution >= 4 is 0 Å². The summed E-state index contributed by atoms with van der Waals surface area (Å²) in [6, 6.07) is 0.839. The largest absolute Gasteiger partial charge is 0.381 e. The number of nitrogens with one attached hydrogen (secondary N) is 1. The minimum absolute atomic E-state index is 0.450. The van der Waals surface area contributed by atoms with Gasteiger partial charge in [0.25, 0.3) is 0 Å². The number of hydrogen-bond donors (Lipinski definition) is 1. The molecule has 3 nitrogen and oxygen atoms in total. The fourth-order valence-corrected chi connectivity index (χ4v) is 3.59. The van der Waals surface area contributed by atoms with Crippen LogP contribution in [0.1, 0.15) is 45.4 Å². The van der Waals surface area contributed by atoms with Gasteiger partial charge in [-0.15, -0.1) is 0 Å². The zero-order valence-corrected chi connectivity index (χ0v) is 12.2. The lowest BCUT2D eigenvalue weighted by Crippen LogP contribution is -2.48. The van der Waals surface area contributed by atoms with E-state index < -0.39 is 0 Å². The van der Waals surface area contributed by atoms with Crippen molar-refractivity contribution in [2.45, 2.75) is 51.5 Å². The first-order valence-electron chi connectivity index (χ1n) is 7.74. The van der Waals surface area contributed by atoms with Crippen molar-refractivity contribution in [2.24, 2.45) is 5.41 Å². The molecule has 18 heavy (non-hydrogen) atoms. The third-order valence-electron chi connectivity index (χ3n) is 4.84. The summed E-state index contributed by atoms with van der Waals surface area (Å²) in [5, 5.41) is 3.57. The Labute approximate surface area is 112 Å². The highest BCUT2D eigenvalue weighted by molar-refractivity contribution is 4.89. The molecular weight excluding hydrogens is 224 g/mol. The van der Waals surface area contributed by atoms with E-state index in [1.54, 1.807) is 0 Å². The van der Waals surface area contributed by atoms with Gasteiger partial charge in [-0.25, -0.2) is 0 Å². The zero-order chi connectivity index (χ0) is 12.8. The lowest BCUT2D eigenvalue weighted by molar-refractivity contribution is -0.00607. The van der Waals surface area contributed by atoms with E-state index in [0.717, 1.165) is 32.3 Å². The van der Waals surface area contributed by atoms with Gasteiger partial charge in [0.1, 0.15) is 0 Å². The van der Waals surface area contributed by atoms with E-state index in [0.29, 0.717) is 5.41 Å². The Morgan fingerprint density at radius 3 is 2.50 bits per heavy atom. The first kappa shape index (κ1) is 14.3. The maximum atomic E-state index is 5.57. The maximum absolute atomic E-state index is 5.57. The van der Waals surface area contributed by atoms with Gasteiger partial charge in [-0.05, 0) is 44.7 Å². The summed E-state index contributed by atoms with van der Waals surface area (Å²) in [5.41, 5.74) is 0.450. The van der Waals surface area contributed by atoms with Crippen LogP contribution < -0.4 is 5.32 Å². The van der Waals surface area contributed by atoms with Crippen LogP contribution in [0.15, 0.2) is 0 Å². The molecule has 0 aromatic heterocycles. The molecule has 1 saturated carbocycles. The van der Waals surface area contributed by atoms with E-state index in [1.807, 2.05) is 0 Å². The Morgan fingerprint density at radius 2 is 1.89 bits per heavy atom. The standard InChI is InChI=1S/C15H30N2O/c1-3-16-12-15(8-10-18-11-9-15)13-17(2)14-6-4-5-7-14/h14,16H,3-13H2,1-2H3. The Morgan fingerprint density at radius 1 is 1.22 bits per heavy atom. The zero-order valence-electron chi connectivity index (χ0n) is 12.2. The highest BCUT2D eigenvalue weighted by Crippen LogP contribution is 2.33. The van der Waals surface area contributed by atoms with Crippen LogP contribution in [0.25, 0.3) is 0 Å². The fourth-order valence-electron chi connectivity index (χ4n) is 3.59. The fraction of sp³-hybridized carbons (Fsp3) is 1.00. The molecule has 0 unspecified atom stereocenters. The number of rotatable bonds is 6. The number of nitrogens with zero attached hydrogens (tertiary/aromatic N) is 1. The Balaban J connectivity index is 1.90. The monoisotopic (exact) mass is 254 g/mol. The topological polar surface area (TPSA) is 24.5 Å². The van der Waals surface area contributed by atoms with Crippen molar-refractivity contribution in [2.75, 3.05) is 39.9 Å². The second kappa shape index (κ2) is 6.88. The van der Waals surface area contributed by atoms with E-state index in [9.17, 15) is 0 Å². The molecular formula is C15H30N2O. The van der Waals surface area contributed by atoms with Crippen molar-refractivity contribution in [1.29, 1.82) is 0 Å². The first-order valence-corrected chi connectivity index (χ1v) is 7.74. The van der Waals surface area contributed by atoms with Gasteiger partial charge >= 0.3 is 0 Å². The van der Waals surface area contributed by atoms with E-state index in [4.69, 9.17) is 4.74 Å². The molecule has 2 fully saturated rings. The van der Waals surface area contributed by atoms with Gasteiger partial charge in [0.05, 0.1) is 0 Å². The van der Waals surface area contributed by atoms with Gasteiger partial charge in [-0.2, -0.15) is 0 Å². The van der Waals surface area contributed by atoms with Crippen LogP contribution in [-0.2, 0) is 4.74 Å². The molecule has 1 aliphatic heterocycles. The molecule has 3 heteroatoms. The van der Waals surface area contributed by atoms with Crippen LogP contribution in [-0.4, -0.2) is 50.8 Å².